The highest BCUT2D eigenvalue weighted by molar-refractivity contribution is 5.10. The molecule has 6 unspecified atom stereocenters. The van der Waals surface area contributed by atoms with Crippen molar-refractivity contribution in [2.24, 2.45) is 23.2 Å². The van der Waals surface area contributed by atoms with E-state index in [0.717, 1.165) is 19.3 Å². The Kier molecular flexibility index (Phi) is 3.86. The Balaban J connectivity index is 2.25. The molecule has 2 aliphatic rings. The Morgan fingerprint density at radius 2 is 2.06 bits per heavy atom. The maximum absolute atomic E-state index is 10.2. The largest absolute Gasteiger partial charge is 0.396 e. The Bertz CT molecular complexity index is 324. The zero-order valence-electron chi connectivity index (χ0n) is 11.5. The lowest BCUT2D eigenvalue weighted by Crippen LogP contribution is -2.53. The lowest BCUT2D eigenvalue weighted by atomic mass is 9.57. The maximum atomic E-state index is 10.2. The van der Waals surface area contributed by atoms with E-state index in [9.17, 15) is 15.3 Å². The summed E-state index contributed by atoms with van der Waals surface area (Å²) >= 11 is 0. The SMILES string of the molecule is C=C(C)C1CCC2(C1)C(CO)CC(O)C(O)C2C. The molecule has 6 atom stereocenters. The summed E-state index contributed by atoms with van der Waals surface area (Å²) in [6.07, 6.45) is 2.30. The van der Waals surface area contributed by atoms with Crippen molar-refractivity contribution in [3.05, 3.63) is 12.2 Å². The van der Waals surface area contributed by atoms with Gasteiger partial charge in [0, 0.05) is 6.61 Å². The molecule has 2 rings (SSSR count). The maximum Gasteiger partial charge on any atom is 0.0830 e. The third-order valence-electron chi connectivity index (χ3n) is 5.65. The summed E-state index contributed by atoms with van der Waals surface area (Å²) in [5.74, 6) is 0.655. The average Bonchev–Trinajstić information content (AvgIpc) is 2.78. The van der Waals surface area contributed by atoms with Crippen LogP contribution in [0.3, 0.4) is 0 Å². The molecule has 104 valence electrons. The second-order valence-electron chi connectivity index (χ2n) is 6.48. The van der Waals surface area contributed by atoms with E-state index in [4.69, 9.17) is 0 Å². The summed E-state index contributed by atoms with van der Waals surface area (Å²) in [4.78, 5) is 0. The summed E-state index contributed by atoms with van der Waals surface area (Å²) in [7, 11) is 0. The molecule has 3 N–H and O–H groups in total. The fraction of sp³-hybridized carbons (Fsp3) is 0.867. The lowest BCUT2D eigenvalue weighted by molar-refractivity contribution is -0.135. The zero-order valence-corrected chi connectivity index (χ0v) is 11.5. The molecular weight excluding hydrogens is 228 g/mol. The lowest BCUT2D eigenvalue weighted by Gasteiger charge is -2.50. The predicted octanol–water partition coefficient (Wildman–Crippen LogP) is 1.72. The number of hydrogen-bond donors (Lipinski definition) is 3. The van der Waals surface area contributed by atoms with Crippen molar-refractivity contribution < 1.29 is 15.3 Å². The van der Waals surface area contributed by atoms with Gasteiger partial charge in [-0.25, -0.2) is 0 Å². The van der Waals surface area contributed by atoms with Crippen LogP contribution < -0.4 is 0 Å². The molecule has 0 aromatic carbocycles. The minimum absolute atomic E-state index is 0.0169. The van der Waals surface area contributed by atoms with E-state index in [1.807, 2.05) is 6.92 Å². The summed E-state index contributed by atoms with van der Waals surface area (Å²) in [5, 5.41) is 29.7. The van der Waals surface area contributed by atoms with Gasteiger partial charge in [0.1, 0.15) is 0 Å². The summed E-state index contributed by atoms with van der Waals surface area (Å²) in [6, 6.07) is 0. The molecule has 3 heteroatoms. The monoisotopic (exact) mass is 254 g/mol. The minimum Gasteiger partial charge on any atom is -0.396 e. The van der Waals surface area contributed by atoms with E-state index in [0.29, 0.717) is 12.3 Å². The molecule has 3 nitrogen and oxygen atoms in total. The van der Waals surface area contributed by atoms with E-state index in [-0.39, 0.29) is 23.9 Å². The van der Waals surface area contributed by atoms with Gasteiger partial charge in [0.25, 0.3) is 0 Å². The van der Waals surface area contributed by atoms with Gasteiger partial charge in [-0.1, -0.05) is 19.1 Å². The molecule has 0 aromatic heterocycles. The molecule has 2 fully saturated rings. The van der Waals surface area contributed by atoms with E-state index in [2.05, 4.69) is 13.5 Å². The van der Waals surface area contributed by atoms with E-state index < -0.39 is 12.2 Å². The first kappa shape index (κ1) is 14.0. The van der Waals surface area contributed by atoms with Crippen LogP contribution in [-0.2, 0) is 0 Å². The summed E-state index contributed by atoms with van der Waals surface area (Å²) in [6.45, 7) is 8.25. The van der Waals surface area contributed by atoms with Crippen LogP contribution in [0.4, 0.5) is 0 Å². The van der Waals surface area contributed by atoms with Gasteiger partial charge in [-0.3, -0.25) is 0 Å². The van der Waals surface area contributed by atoms with Crippen LogP contribution in [-0.4, -0.2) is 34.1 Å². The number of hydrogen-bond acceptors (Lipinski definition) is 3. The first-order valence-electron chi connectivity index (χ1n) is 7.04. The molecule has 0 radical (unpaired) electrons. The number of rotatable bonds is 2. The molecule has 18 heavy (non-hydrogen) atoms. The van der Waals surface area contributed by atoms with Crippen molar-refractivity contribution in [3.63, 3.8) is 0 Å². The summed E-state index contributed by atoms with van der Waals surface area (Å²) in [5.41, 5.74) is 1.19. The first-order chi connectivity index (χ1) is 8.42. The van der Waals surface area contributed by atoms with E-state index >= 15 is 0 Å². The fourth-order valence-corrected chi connectivity index (χ4v) is 4.28. The van der Waals surface area contributed by atoms with Crippen molar-refractivity contribution in [2.75, 3.05) is 6.61 Å². The predicted molar refractivity (Wildman–Crippen MR) is 71.0 cm³/mol. The van der Waals surface area contributed by atoms with Crippen LogP contribution in [0.15, 0.2) is 12.2 Å². The highest BCUT2D eigenvalue weighted by Gasteiger charge is 2.54. The third kappa shape index (κ3) is 2.02. The molecule has 2 aliphatic carbocycles. The van der Waals surface area contributed by atoms with Crippen molar-refractivity contribution in [3.8, 4) is 0 Å². The number of aliphatic hydroxyl groups is 3. The van der Waals surface area contributed by atoms with Crippen molar-refractivity contribution >= 4 is 0 Å². The highest BCUT2D eigenvalue weighted by atomic mass is 16.3. The van der Waals surface area contributed by atoms with Gasteiger partial charge in [0.2, 0.25) is 0 Å². The number of aliphatic hydroxyl groups excluding tert-OH is 3. The Morgan fingerprint density at radius 1 is 1.39 bits per heavy atom. The second kappa shape index (κ2) is 4.95. The second-order valence-corrected chi connectivity index (χ2v) is 6.48. The molecule has 0 heterocycles. The summed E-state index contributed by atoms with van der Waals surface area (Å²) < 4.78 is 0. The van der Waals surface area contributed by atoms with Crippen LogP contribution in [0.1, 0.15) is 39.5 Å². The molecule has 0 aliphatic heterocycles. The van der Waals surface area contributed by atoms with Crippen LogP contribution in [0.25, 0.3) is 0 Å². The first-order valence-corrected chi connectivity index (χ1v) is 7.04. The van der Waals surface area contributed by atoms with Gasteiger partial charge >= 0.3 is 0 Å². The minimum atomic E-state index is -0.688. The molecule has 1 spiro atoms. The van der Waals surface area contributed by atoms with Crippen molar-refractivity contribution in [2.45, 2.75) is 51.7 Å². The van der Waals surface area contributed by atoms with Crippen LogP contribution in [0.5, 0.6) is 0 Å². The molecule has 0 bridgehead atoms. The van der Waals surface area contributed by atoms with Crippen LogP contribution in [0.2, 0.25) is 0 Å². The van der Waals surface area contributed by atoms with Crippen molar-refractivity contribution in [1.82, 2.24) is 0 Å². The number of allylic oxidation sites excluding steroid dienone is 1. The highest BCUT2D eigenvalue weighted by Crippen LogP contribution is 2.58. The quantitative estimate of drug-likeness (QED) is 0.658. The topological polar surface area (TPSA) is 60.7 Å². The Hall–Kier alpha value is -0.380. The molecule has 2 saturated carbocycles. The van der Waals surface area contributed by atoms with Gasteiger partial charge in [0.15, 0.2) is 0 Å². The van der Waals surface area contributed by atoms with Crippen LogP contribution >= 0.6 is 0 Å². The molecule has 0 amide bonds. The third-order valence-corrected chi connectivity index (χ3v) is 5.65. The average molecular weight is 254 g/mol. The smallest absolute Gasteiger partial charge is 0.0830 e. The van der Waals surface area contributed by atoms with Gasteiger partial charge in [-0.15, -0.1) is 0 Å². The van der Waals surface area contributed by atoms with Gasteiger partial charge in [0.05, 0.1) is 12.2 Å². The Morgan fingerprint density at radius 3 is 2.56 bits per heavy atom. The van der Waals surface area contributed by atoms with Gasteiger partial charge in [-0.2, -0.15) is 0 Å². The zero-order chi connectivity index (χ0) is 13.5. The normalized spacial score (nSPS) is 48.6. The van der Waals surface area contributed by atoms with Crippen molar-refractivity contribution in [1.29, 1.82) is 0 Å². The van der Waals surface area contributed by atoms with Gasteiger partial charge < -0.3 is 15.3 Å². The fourth-order valence-electron chi connectivity index (χ4n) is 4.28. The Labute approximate surface area is 110 Å². The molecule has 0 aromatic rings. The van der Waals surface area contributed by atoms with E-state index in [1.165, 1.54) is 5.57 Å². The standard InChI is InChI=1S/C15H26O3/c1-9(2)11-4-5-15(7-11)10(3)14(18)13(17)6-12(15)8-16/h10-14,16-18H,1,4-8H2,2-3H3. The van der Waals surface area contributed by atoms with E-state index in [1.54, 1.807) is 0 Å². The molecule has 0 saturated heterocycles. The van der Waals surface area contributed by atoms with Crippen LogP contribution in [0, 0.1) is 23.2 Å². The molecular formula is C15H26O3. The van der Waals surface area contributed by atoms with Gasteiger partial charge in [-0.05, 0) is 55.8 Å².